The van der Waals surface area contributed by atoms with Gasteiger partial charge in [-0.25, -0.2) is 0 Å². The maximum atomic E-state index is 4.83. The Bertz CT molecular complexity index is 626. The molecule has 0 amide bonds. The minimum Gasteiger partial charge on any atom is -0.364 e. The van der Waals surface area contributed by atoms with Gasteiger partial charge in [0.25, 0.3) is 0 Å². The zero-order valence-corrected chi connectivity index (χ0v) is 16.7. The van der Waals surface area contributed by atoms with Gasteiger partial charge in [0.1, 0.15) is 12.0 Å². The van der Waals surface area contributed by atoms with Gasteiger partial charge < -0.3 is 15.2 Å². The summed E-state index contributed by atoms with van der Waals surface area (Å²) in [6, 6.07) is 8.36. The molecule has 2 aromatic heterocycles. The third kappa shape index (κ3) is 6.28. The second-order valence-corrected chi connectivity index (χ2v) is 5.93. The number of likely N-dealkylation sites (tertiary alicyclic amines) is 1. The Morgan fingerprint density at radius 3 is 2.76 bits per heavy atom. The number of hydrogen-bond donors (Lipinski definition) is 2. The standard InChI is InChI=1S/C17H24N6O.HI/c1-18-17(20-12-15-7-11-24-22-15)21-14-5-9-23(10-6-14)13-16-4-2-3-8-19-16;/h2-4,7-8,11,14H,5-6,9-10,12-13H2,1H3,(H2,18,20,21);1H. The molecule has 1 aliphatic rings. The van der Waals surface area contributed by atoms with Gasteiger partial charge in [-0.2, -0.15) is 0 Å². The van der Waals surface area contributed by atoms with Crippen molar-refractivity contribution in [3.8, 4) is 0 Å². The maximum Gasteiger partial charge on any atom is 0.191 e. The third-order valence-electron chi connectivity index (χ3n) is 4.19. The van der Waals surface area contributed by atoms with Gasteiger partial charge in [0.2, 0.25) is 0 Å². The number of guanidine groups is 1. The molecule has 0 aromatic carbocycles. The summed E-state index contributed by atoms with van der Waals surface area (Å²) in [6.45, 7) is 3.66. The predicted octanol–water partition coefficient (Wildman–Crippen LogP) is 2.02. The van der Waals surface area contributed by atoms with Crippen LogP contribution in [0.15, 0.2) is 46.2 Å². The van der Waals surface area contributed by atoms with Gasteiger partial charge in [0, 0.05) is 45.0 Å². The third-order valence-corrected chi connectivity index (χ3v) is 4.19. The second kappa shape index (κ2) is 10.3. The summed E-state index contributed by atoms with van der Waals surface area (Å²) in [6.07, 6.45) is 5.62. The first-order valence-electron chi connectivity index (χ1n) is 8.32. The molecule has 0 atom stereocenters. The van der Waals surface area contributed by atoms with Crippen LogP contribution in [0.4, 0.5) is 0 Å². The summed E-state index contributed by atoms with van der Waals surface area (Å²) in [7, 11) is 1.79. The average molecular weight is 456 g/mol. The van der Waals surface area contributed by atoms with Crippen molar-refractivity contribution in [1.29, 1.82) is 0 Å². The van der Waals surface area contributed by atoms with Crippen LogP contribution in [0.1, 0.15) is 24.2 Å². The number of aliphatic imine (C=N–C) groups is 1. The van der Waals surface area contributed by atoms with E-state index in [2.05, 4.69) is 36.7 Å². The van der Waals surface area contributed by atoms with E-state index in [4.69, 9.17) is 4.52 Å². The largest absolute Gasteiger partial charge is 0.364 e. The molecule has 25 heavy (non-hydrogen) atoms. The molecule has 1 aliphatic heterocycles. The van der Waals surface area contributed by atoms with Gasteiger partial charge in [-0.15, -0.1) is 24.0 Å². The van der Waals surface area contributed by atoms with E-state index in [1.165, 1.54) is 0 Å². The summed E-state index contributed by atoms with van der Waals surface area (Å²) >= 11 is 0. The minimum absolute atomic E-state index is 0. The molecule has 0 spiro atoms. The Kier molecular flexibility index (Phi) is 8.13. The first-order chi connectivity index (χ1) is 11.8. The quantitative estimate of drug-likeness (QED) is 0.407. The van der Waals surface area contributed by atoms with Crippen molar-refractivity contribution in [1.82, 2.24) is 25.7 Å². The number of hydrogen-bond acceptors (Lipinski definition) is 5. The Labute approximate surface area is 165 Å². The molecule has 0 bridgehead atoms. The Morgan fingerprint density at radius 1 is 1.28 bits per heavy atom. The predicted molar refractivity (Wildman–Crippen MR) is 108 cm³/mol. The lowest BCUT2D eigenvalue weighted by Crippen LogP contribution is -2.48. The van der Waals surface area contributed by atoms with Crippen molar-refractivity contribution in [3.63, 3.8) is 0 Å². The van der Waals surface area contributed by atoms with Gasteiger partial charge in [-0.05, 0) is 25.0 Å². The van der Waals surface area contributed by atoms with Crippen LogP contribution in [-0.4, -0.2) is 47.2 Å². The highest BCUT2D eigenvalue weighted by Gasteiger charge is 2.20. The van der Waals surface area contributed by atoms with E-state index in [9.17, 15) is 0 Å². The Balaban J connectivity index is 0.00000225. The van der Waals surface area contributed by atoms with Crippen molar-refractivity contribution < 1.29 is 4.52 Å². The number of halogens is 1. The summed E-state index contributed by atoms with van der Waals surface area (Å²) in [5, 5.41) is 10.6. The topological polar surface area (TPSA) is 78.6 Å². The molecule has 2 N–H and O–H groups in total. The van der Waals surface area contributed by atoms with Crippen molar-refractivity contribution >= 4 is 29.9 Å². The molecule has 3 rings (SSSR count). The van der Waals surface area contributed by atoms with Gasteiger partial charge in [-0.3, -0.25) is 14.9 Å². The fourth-order valence-corrected chi connectivity index (χ4v) is 2.85. The van der Waals surface area contributed by atoms with Crippen LogP contribution in [0.5, 0.6) is 0 Å². The lowest BCUT2D eigenvalue weighted by atomic mass is 10.0. The number of nitrogens with one attached hydrogen (secondary N) is 2. The summed E-state index contributed by atoms with van der Waals surface area (Å²) in [5.41, 5.74) is 2.00. The van der Waals surface area contributed by atoms with E-state index < -0.39 is 0 Å². The first kappa shape index (κ1) is 19.6. The zero-order chi connectivity index (χ0) is 16.6. The van der Waals surface area contributed by atoms with E-state index in [1.54, 1.807) is 13.3 Å². The van der Waals surface area contributed by atoms with E-state index in [0.29, 0.717) is 12.6 Å². The van der Waals surface area contributed by atoms with Gasteiger partial charge in [-0.1, -0.05) is 11.2 Å². The van der Waals surface area contributed by atoms with Crippen LogP contribution in [0, 0.1) is 0 Å². The normalized spacial score (nSPS) is 16.3. The Morgan fingerprint density at radius 2 is 2.12 bits per heavy atom. The number of pyridine rings is 1. The molecule has 0 aliphatic carbocycles. The van der Waals surface area contributed by atoms with Gasteiger partial charge in [0.15, 0.2) is 5.96 Å². The number of aromatic nitrogens is 2. The molecule has 1 saturated heterocycles. The van der Waals surface area contributed by atoms with E-state index in [0.717, 1.165) is 49.8 Å². The monoisotopic (exact) mass is 456 g/mol. The smallest absolute Gasteiger partial charge is 0.191 e. The van der Waals surface area contributed by atoms with Crippen molar-refractivity contribution in [2.24, 2.45) is 4.99 Å². The molecule has 7 nitrogen and oxygen atoms in total. The van der Waals surface area contributed by atoms with Crippen molar-refractivity contribution in [3.05, 3.63) is 48.1 Å². The van der Waals surface area contributed by atoms with Crippen LogP contribution in [0.2, 0.25) is 0 Å². The molecular formula is C17H25IN6O. The molecule has 1 fully saturated rings. The van der Waals surface area contributed by atoms with E-state index in [-0.39, 0.29) is 24.0 Å². The van der Waals surface area contributed by atoms with Crippen molar-refractivity contribution in [2.45, 2.75) is 32.0 Å². The molecule has 0 radical (unpaired) electrons. The summed E-state index contributed by atoms with van der Waals surface area (Å²) in [5.74, 6) is 0.807. The highest BCUT2D eigenvalue weighted by molar-refractivity contribution is 14.0. The minimum atomic E-state index is 0. The molecule has 0 saturated carbocycles. The Hall–Kier alpha value is -1.68. The summed E-state index contributed by atoms with van der Waals surface area (Å²) < 4.78 is 4.83. The second-order valence-electron chi connectivity index (χ2n) is 5.93. The molecule has 2 aromatic rings. The lowest BCUT2D eigenvalue weighted by molar-refractivity contribution is 0.196. The van der Waals surface area contributed by atoms with Crippen molar-refractivity contribution in [2.75, 3.05) is 20.1 Å². The van der Waals surface area contributed by atoms with E-state index in [1.807, 2.05) is 24.4 Å². The van der Waals surface area contributed by atoms with Crippen LogP contribution < -0.4 is 10.6 Å². The zero-order valence-electron chi connectivity index (χ0n) is 14.4. The first-order valence-corrected chi connectivity index (χ1v) is 8.32. The summed E-state index contributed by atoms with van der Waals surface area (Å²) in [4.78, 5) is 11.1. The SMILES string of the molecule is CN=C(NCc1ccon1)NC1CCN(Cc2ccccn2)CC1.I. The number of nitrogens with zero attached hydrogens (tertiary/aromatic N) is 4. The van der Waals surface area contributed by atoms with Crippen LogP contribution in [-0.2, 0) is 13.1 Å². The molecule has 0 unspecified atom stereocenters. The maximum absolute atomic E-state index is 4.83. The highest BCUT2D eigenvalue weighted by Crippen LogP contribution is 2.12. The lowest BCUT2D eigenvalue weighted by Gasteiger charge is -2.32. The number of rotatable bonds is 5. The highest BCUT2D eigenvalue weighted by atomic mass is 127. The molecular weight excluding hydrogens is 431 g/mol. The molecule has 3 heterocycles. The van der Waals surface area contributed by atoms with E-state index >= 15 is 0 Å². The van der Waals surface area contributed by atoms with Crippen LogP contribution in [0.25, 0.3) is 0 Å². The average Bonchev–Trinajstić information content (AvgIpc) is 3.14. The van der Waals surface area contributed by atoms with Gasteiger partial charge >= 0.3 is 0 Å². The molecule has 136 valence electrons. The fraction of sp³-hybridized carbons (Fsp3) is 0.471. The van der Waals surface area contributed by atoms with Crippen LogP contribution in [0.3, 0.4) is 0 Å². The van der Waals surface area contributed by atoms with Gasteiger partial charge in [0.05, 0.1) is 12.2 Å². The number of piperidine rings is 1. The molecule has 8 heteroatoms. The fourth-order valence-electron chi connectivity index (χ4n) is 2.85. The van der Waals surface area contributed by atoms with Crippen LogP contribution >= 0.6 is 24.0 Å².